The molecule has 0 bridgehead atoms. The molecule has 3 aromatic carbocycles. The largest absolute Gasteiger partial charge is 0.416 e. The second kappa shape index (κ2) is 7.46. The molecule has 0 radical (unpaired) electrons. The van der Waals surface area contributed by atoms with E-state index in [0.717, 1.165) is 28.8 Å². The number of hydrogen-bond acceptors (Lipinski definition) is 4. The van der Waals surface area contributed by atoms with Crippen molar-refractivity contribution in [1.82, 2.24) is 0 Å². The number of nitriles is 4. The molecule has 0 fully saturated rings. The number of alkyl halides is 3. The quantitative estimate of drug-likeness (QED) is 0.241. The van der Waals surface area contributed by atoms with Crippen LogP contribution < -0.4 is 0 Å². The fourth-order valence-electron chi connectivity index (χ4n) is 4.82. The minimum atomic E-state index is -4.60. The third kappa shape index (κ3) is 3.04. The Bertz CT molecular complexity index is 1690. The Labute approximate surface area is 198 Å². The minimum absolute atomic E-state index is 0.100. The van der Waals surface area contributed by atoms with Gasteiger partial charge in [-0.15, -0.1) is 0 Å². The predicted molar refractivity (Wildman–Crippen MR) is 122 cm³/mol. The standard InChI is InChI=1S/C28H11F3N4/c1-14-2-4-18-20-8-21-19-5-3-17(28(29,30)31)7-23(19)27(16(12-34)13-35)25(21)9-24(20)26(22(18)6-14)15(10-32)11-33/h2-9H,1H3. The van der Waals surface area contributed by atoms with Crippen molar-refractivity contribution in [2.75, 3.05) is 0 Å². The van der Waals surface area contributed by atoms with Gasteiger partial charge in [-0.3, -0.25) is 0 Å². The van der Waals surface area contributed by atoms with Crippen molar-refractivity contribution >= 4 is 11.1 Å². The van der Waals surface area contributed by atoms with E-state index in [-0.39, 0.29) is 22.3 Å². The SMILES string of the molecule is Cc1ccc2c(c1)C(=C(C#N)C#N)c1cc3c(cc1-2)-c1ccc(C(F)(F)F)cc1C3=C(C#N)C#N. The fraction of sp³-hybridized carbons (Fsp3) is 0.0714. The van der Waals surface area contributed by atoms with E-state index in [2.05, 4.69) is 0 Å². The monoisotopic (exact) mass is 460 g/mol. The number of hydrogen-bond donors (Lipinski definition) is 0. The van der Waals surface area contributed by atoms with Gasteiger partial charge in [-0.2, -0.15) is 34.2 Å². The van der Waals surface area contributed by atoms with Crippen molar-refractivity contribution < 1.29 is 13.2 Å². The zero-order valence-corrected chi connectivity index (χ0v) is 18.0. The van der Waals surface area contributed by atoms with Crippen LogP contribution in [0.2, 0.25) is 0 Å². The molecule has 0 unspecified atom stereocenters. The summed E-state index contributed by atoms with van der Waals surface area (Å²) < 4.78 is 40.4. The molecule has 7 heteroatoms. The first kappa shape index (κ1) is 21.7. The molecule has 35 heavy (non-hydrogen) atoms. The molecule has 3 aromatic rings. The molecular formula is C28H11F3N4. The Kier molecular flexibility index (Phi) is 4.63. The van der Waals surface area contributed by atoms with Crippen molar-refractivity contribution in [2.45, 2.75) is 13.1 Å². The molecule has 164 valence electrons. The molecule has 2 aliphatic rings. The van der Waals surface area contributed by atoms with E-state index in [4.69, 9.17) is 0 Å². The molecule has 0 saturated carbocycles. The Balaban J connectivity index is 1.91. The highest BCUT2D eigenvalue weighted by molar-refractivity contribution is 6.11. The van der Waals surface area contributed by atoms with E-state index in [1.807, 2.05) is 37.3 Å². The average molecular weight is 460 g/mol. The number of benzene rings is 3. The van der Waals surface area contributed by atoms with Gasteiger partial charge in [0.25, 0.3) is 0 Å². The molecule has 0 atom stereocenters. The lowest BCUT2D eigenvalue weighted by Crippen LogP contribution is -2.05. The highest BCUT2D eigenvalue weighted by Crippen LogP contribution is 2.54. The maximum Gasteiger partial charge on any atom is 0.416 e. The number of nitrogens with zero attached hydrogens (tertiary/aromatic N) is 4. The molecule has 2 aliphatic carbocycles. The lowest BCUT2D eigenvalue weighted by atomic mass is 9.93. The van der Waals surface area contributed by atoms with E-state index in [9.17, 15) is 34.2 Å². The summed E-state index contributed by atoms with van der Waals surface area (Å²) in [5.74, 6) is 0. The Morgan fingerprint density at radius 3 is 1.49 bits per heavy atom. The van der Waals surface area contributed by atoms with Gasteiger partial charge in [0.15, 0.2) is 0 Å². The number of rotatable bonds is 0. The van der Waals surface area contributed by atoms with Crippen LogP contribution in [0.5, 0.6) is 0 Å². The number of aryl methyl sites for hydroxylation is 1. The first-order valence-electron chi connectivity index (χ1n) is 10.3. The summed E-state index contributed by atoms with van der Waals surface area (Å²) >= 11 is 0. The number of fused-ring (bicyclic) bond motifs is 6. The minimum Gasteiger partial charge on any atom is -0.192 e. The van der Waals surface area contributed by atoms with Gasteiger partial charge in [0.1, 0.15) is 35.4 Å². The molecule has 0 saturated heterocycles. The first-order chi connectivity index (χ1) is 16.7. The van der Waals surface area contributed by atoms with Crippen LogP contribution in [0.3, 0.4) is 0 Å². The number of allylic oxidation sites excluding steroid dienone is 2. The molecule has 0 aliphatic heterocycles. The maximum atomic E-state index is 13.5. The second-order valence-electron chi connectivity index (χ2n) is 8.20. The Morgan fingerprint density at radius 2 is 1.00 bits per heavy atom. The van der Waals surface area contributed by atoms with Crippen LogP contribution in [0, 0.1) is 52.2 Å². The molecule has 5 rings (SSSR count). The second-order valence-corrected chi connectivity index (χ2v) is 8.20. The first-order valence-corrected chi connectivity index (χ1v) is 10.3. The van der Waals surface area contributed by atoms with Gasteiger partial charge >= 0.3 is 6.18 Å². The van der Waals surface area contributed by atoms with E-state index in [0.29, 0.717) is 33.4 Å². The molecule has 4 nitrogen and oxygen atoms in total. The van der Waals surface area contributed by atoms with E-state index < -0.39 is 11.7 Å². The zero-order chi connectivity index (χ0) is 25.1. The summed E-state index contributed by atoms with van der Waals surface area (Å²) in [6, 6.07) is 19.9. The van der Waals surface area contributed by atoms with E-state index in [1.54, 1.807) is 24.3 Å². The van der Waals surface area contributed by atoms with Crippen molar-refractivity contribution in [2.24, 2.45) is 0 Å². The highest BCUT2D eigenvalue weighted by Gasteiger charge is 2.36. The van der Waals surface area contributed by atoms with Crippen LogP contribution in [0.15, 0.2) is 59.7 Å². The Morgan fingerprint density at radius 1 is 0.571 bits per heavy atom. The smallest absolute Gasteiger partial charge is 0.192 e. The van der Waals surface area contributed by atoms with Crippen LogP contribution in [-0.2, 0) is 6.18 Å². The number of halogens is 3. The highest BCUT2D eigenvalue weighted by atomic mass is 19.4. The van der Waals surface area contributed by atoms with Gasteiger partial charge < -0.3 is 0 Å². The summed E-state index contributed by atoms with van der Waals surface area (Å²) in [7, 11) is 0. The summed E-state index contributed by atoms with van der Waals surface area (Å²) in [5, 5.41) is 38.5. The van der Waals surface area contributed by atoms with Gasteiger partial charge in [0.2, 0.25) is 0 Å². The van der Waals surface area contributed by atoms with Crippen LogP contribution >= 0.6 is 0 Å². The van der Waals surface area contributed by atoms with Crippen molar-refractivity contribution in [1.29, 1.82) is 21.0 Å². The van der Waals surface area contributed by atoms with Gasteiger partial charge in [0, 0.05) is 11.1 Å². The summed E-state index contributed by atoms with van der Waals surface area (Å²) in [6.45, 7) is 1.89. The third-order valence-electron chi connectivity index (χ3n) is 6.28. The molecule has 0 amide bonds. The molecule has 0 spiro atoms. The van der Waals surface area contributed by atoms with Crippen LogP contribution in [0.1, 0.15) is 33.4 Å². The van der Waals surface area contributed by atoms with E-state index in [1.165, 1.54) is 6.07 Å². The normalized spacial score (nSPS) is 12.3. The van der Waals surface area contributed by atoms with Gasteiger partial charge in [-0.05, 0) is 75.7 Å². The van der Waals surface area contributed by atoms with Crippen molar-refractivity contribution in [3.63, 3.8) is 0 Å². The van der Waals surface area contributed by atoms with Crippen LogP contribution in [0.4, 0.5) is 13.2 Å². The van der Waals surface area contributed by atoms with Gasteiger partial charge in [0.05, 0.1) is 5.56 Å². The van der Waals surface area contributed by atoms with Gasteiger partial charge in [-0.1, -0.05) is 29.8 Å². The van der Waals surface area contributed by atoms with Gasteiger partial charge in [-0.25, -0.2) is 0 Å². The summed E-state index contributed by atoms with van der Waals surface area (Å²) in [6.07, 6.45) is -4.60. The molecular weight excluding hydrogens is 449 g/mol. The average Bonchev–Trinajstić information content (AvgIpc) is 3.31. The van der Waals surface area contributed by atoms with Crippen molar-refractivity contribution in [3.8, 4) is 46.5 Å². The zero-order valence-electron chi connectivity index (χ0n) is 18.0. The predicted octanol–water partition coefficient (Wildman–Crippen LogP) is 6.67. The van der Waals surface area contributed by atoms with Crippen molar-refractivity contribution in [3.05, 3.63) is 93.1 Å². The summed E-state index contributed by atoms with van der Waals surface area (Å²) in [5.41, 5.74) is 4.54. The maximum absolute atomic E-state index is 13.5. The lowest BCUT2D eigenvalue weighted by Gasteiger charge is -2.09. The Hall–Kier alpha value is -5.11. The van der Waals surface area contributed by atoms with E-state index >= 15 is 0 Å². The van der Waals surface area contributed by atoms with Crippen LogP contribution in [0.25, 0.3) is 33.4 Å². The molecule has 0 heterocycles. The topological polar surface area (TPSA) is 95.2 Å². The third-order valence-corrected chi connectivity index (χ3v) is 6.28. The fourth-order valence-corrected chi connectivity index (χ4v) is 4.82. The summed E-state index contributed by atoms with van der Waals surface area (Å²) in [4.78, 5) is 0. The lowest BCUT2D eigenvalue weighted by molar-refractivity contribution is -0.137. The molecule has 0 N–H and O–H groups in total. The molecule has 0 aromatic heterocycles. The van der Waals surface area contributed by atoms with Crippen LogP contribution in [-0.4, -0.2) is 0 Å².